The molecule has 1 amide bonds. The zero-order valence-corrected chi connectivity index (χ0v) is 19.1. The maximum atomic E-state index is 13.2. The van der Waals surface area contributed by atoms with Crippen LogP contribution in [0, 0.1) is 27.7 Å². The van der Waals surface area contributed by atoms with E-state index in [0.717, 1.165) is 22.4 Å². The summed E-state index contributed by atoms with van der Waals surface area (Å²) in [5.74, 6) is -0.656. The molecule has 6 heteroatoms. The largest absolute Gasteiger partial charge is 0.324 e. The minimum atomic E-state index is -0.394. The molecule has 4 rings (SSSR count). The minimum Gasteiger partial charge on any atom is -0.324 e. The minimum absolute atomic E-state index is 0.0107. The fourth-order valence-electron chi connectivity index (χ4n) is 3.73. The van der Waals surface area contributed by atoms with Crippen LogP contribution in [0.4, 0.5) is 5.69 Å². The Balaban J connectivity index is 1.77. The van der Waals surface area contributed by atoms with Gasteiger partial charge in [0, 0.05) is 23.1 Å². The van der Waals surface area contributed by atoms with Gasteiger partial charge in [0.25, 0.3) is 0 Å². The Labute approximate surface area is 191 Å². The molecule has 1 N–H and O–H groups in total. The van der Waals surface area contributed by atoms with E-state index in [9.17, 15) is 14.4 Å². The highest BCUT2D eigenvalue weighted by atomic mass is 16.2. The highest BCUT2D eigenvalue weighted by Gasteiger charge is 2.19. The van der Waals surface area contributed by atoms with E-state index < -0.39 is 5.43 Å². The summed E-state index contributed by atoms with van der Waals surface area (Å²) in [5, 5.41) is 3.23. The number of amides is 1. The first-order chi connectivity index (χ1) is 15.7. The molecule has 33 heavy (non-hydrogen) atoms. The molecule has 0 aliphatic carbocycles. The average Bonchev–Trinajstić information content (AvgIpc) is 2.79. The predicted molar refractivity (Wildman–Crippen MR) is 130 cm³/mol. The van der Waals surface area contributed by atoms with E-state index in [-0.39, 0.29) is 23.8 Å². The Hall–Kier alpha value is -4.06. The summed E-state index contributed by atoms with van der Waals surface area (Å²) in [5.41, 5.74) is 4.93. The van der Waals surface area contributed by atoms with Crippen LogP contribution in [0.2, 0.25) is 0 Å². The summed E-state index contributed by atoms with van der Waals surface area (Å²) in [7, 11) is 0. The van der Waals surface area contributed by atoms with Gasteiger partial charge in [-0.25, -0.2) is 4.98 Å². The number of aromatic nitrogens is 2. The van der Waals surface area contributed by atoms with E-state index in [1.54, 1.807) is 28.8 Å². The van der Waals surface area contributed by atoms with Gasteiger partial charge in [0.15, 0.2) is 5.78 Å². The Morgan fingerprint density at radius 3 is 2.39 bits per heavy atom. The van der Waals surface area contributed by atoms with E-state index in [4.69, 9.17) is 0 Å². The van der Waals surface area contributed by atoms with Crippen LogP contribution < -0.4 is 10.7 Å². The molecule has 0 aliphatic rings. The fourth-order valence-corrected chi connectivity index (χ4v) is 3.73. The van der Waals surface area contributed by atoms with Crippen molar-refractivity contribution in [3.8, 4) is 0 Å². The Bertz CT molecular complexity index is 1450. The van der Waals surface area contributed by atoms with Crippen molar-refractivity contribution in [2.24, 2.45) is 0 Å². The van der Waals surface area contributed by atoms with Gasteiger partial charge in [-0.2, -0.15) is 0 Å². The maximum absolute atomic E-state index is 13.2. The van der Waals surface area contributed by atoms with Crippen molar-refractivity contribution in [3.05, 3.63) is 105 Å². The SMILES string of the molecule is Cc1ccc(C(=O)c2cn(CC(=O)Nc3cccc(C)c3C)c3nc(C)ccc3c2=O)cc1. The number of hydrogen-bond donors (Lipinski definition) is 1. The van der Waals surface area contributed by atoms with Crippen LogP contribution in [-0.2, 0) is 11.3 Å². The molecule has 4 aromatic rings. The second kappa shape index (κ2) is 8.82. The van der Waals surface area contributed by atoms with Crippen molar-refractivity contribution in [2.75, 3.05) is 5.32 Å². The molecule has 0 aliphatic heterocycles. The summed E-state index contributed by atoms with van der Waals surface area (Å²) in [6.45, 7) is 7.59. The molecular formula is C27H25N3O3. The first kappa shape index (κ1) is 22.1. The van der Waals surface area contributed by atoms with Gasteiger partial charge in [-0.05, 0) is 57.0 Å². The number of aryl methyl sites for hydroxylation is 3. The maximum Gasteiger partial charge on any atom is 0.244 e. The van der Waals surface area contributed by atoms with Crippen molar-refractivity contribution in [1.29, 1.82) is 0 Å². The number of hydrogen-bond acceptors (Lipinski definition) is 4. The lowest BCUT2D eigenvalue weighted by Crippen LogP contribution is -2.25. The Kier molecular flexibility index (Phi) is 5.92. The Morgan fingerprint density at radius 1 is 0.939 bits per heavy atom. The molecule has 0 saturated carbocycles. The first-order valence-corrected chi connectivity index (χ1v) is 10.7. The van der Waals surface area contributed by atoms with Crippen molar-refractivity contribution in [2.45, 2.75) is 34.2 Å². The van der Waals surface area contributed by atoms with Gasteiger partial charge in [-0.15, -0.1) is 0 Å². The van der Waals surface area contributed by atoms with Gasteiger partial charge in [0.2, 0.25) is 11.3 Å². The third-order valence-corrected chi connectivity index (χ3v) is 5.81. The molecule has 0 saturated heterocycles. The summed E-state index contributed by atoms with van der Waals surface area (Å²) in [6.07, 6.45) is 1.45. The summed E-state index contributed by atoms with van der Waals surface area (Å²) >= 11 is 0. The van der Waals surface area contributed by atoms with Crippen LogP contribution in [0.5, 0.6) is 0 Å². The van der Waals surface area contributed by atoms with E-state index in [1.807, 2.05) is 58.0 Å². The summed E-state index contributed by atoms with van der Waals surface area (Å²) in [6, 6.07) is 16.2. The standard InChI is InChI=1S/C27H25N3O3/c1-16-8-11-20(12-9-16)25(32)22-14-30(27-21(26(22)33)13-10-18(3)28-27)15-24(31)29-23-7-5-6-17(2)19(23)4/h5-14H,15H2,1-4H3,(H,29,31). The molecule has 0 radical (unpaired) electrons. The van der Waals surface area contributed by atoms with Crippen molar-refractivity contribution < 1.29 is 9.59 Å². The van der Waals surface area contributed by atoms with Gasteiger partial charge >= 0.3 is 0 Å². The zero-order chi connectivity index (χ0) is 23.7. The molecule has 2 heterocycles. The van der Waals surface area contributed by atoms with Crippen LogP contribution >= 0.6 is 0 Å². The van der Waals surface area contributed by atoms with Gasteiger partial charge < -0.3 is 9.88 Å². The zero-order valence-electron chi connectivity index (χ0n) is 19.1. The van der Waals surface area contributed by atoms with E-state index in [0.29, 0.717) is 22.3 Å². The van der Waals surface area contributed by atoms with E-state index in [2.05, 4.69) is 10.3 Å². The van der Waals surface area contributed by atoms with Crippen LogP contribution in [0.25, 0.3) is 11.0 Å². The van der Waals surface area contributed by atoms with Crippen molar-refractivity contribution >= 4 is 28.4 Å². The van der Waals surface area contributed by atoms with Crippen LogP contribution in [-0.4, -0.2) is 21.2 Å². The number of pyridine rings is 2. The number of nitrogens with zero attached hydrogens (tertiary/aromatic N) is 2. The number of carbonyl (C=O) groups excluding carboxylic acids is 2. The Morgan fingerprint density at radius 2 is 1.67 bits per heavy atom. The lowest BCUT2D eigenvalue weighted by molar-refractivity contribution is -0.116. The third kappa shape index (κ3) is 4.46. The molecule has 0 unspecified atom stereocenters. The quantitative estimate of drug-likeness (QED) is 0.464. The van der Waals surface area contributed by atoms with Crippen molar-refractivity contribution in [1.82, 2.24) is 9.55 Å². The number of benzene rings is 2. The number of rotatable bonds is 5. The number of fused-ring (bicyclic) bond motifs is 1. The van der Waals surface area contributed by atoms with E-state index in [1.165, 1.54) is 6.20 Å². The second-order valence-corrected chi connectivity index (χ2v) is 8.31. The number of carbonyl (C=O) groups is 2. The second-order valence-electron chi connectivity index (χ2n) is 8.31. The number of ketones is 1. The number of anilines is 1. The molecule has 2 aromatic carbocycles. The predicted octanol–water partition coefficient (Wildman–Crippen LogP) is 4.50. The van der Waals surface area contributed by atoms with Gasteiger partial charge in [0.05, 0.1) is 10.9 Å². The molecule has 166 valence electrons. The van der Waals surface area contributed by atoms with E-state index >= 15 is 0 Å². The smallest absolute Gasteiger partial charge is 0.244 e. The average molecular weight is 440 g/mol. The summed E-state index contributed by atoms with van der Waals surface area (Å²) < 4.78 is 1.58. The molecular weight excluding hydrogens is 414 g/mol. The lowest BCUT2D eigenvalue weighted by Gasteiger charge is -2.14. The molecule has 0 spiro atoms. The monoisotopic (exact) mass is 439 g/mol. The highest BCUT2D eigenvalue weighted by molar-refractivity contribution is 6.10. The van der Waals surface area contributed by atoms with Gasteiger partial charge in [0.1, 0.15) is 12.2 Å². The molecule has 0 fully saturated rings. The molecule has 0 atom stereocenters. The lowest BCUT2D eigenvalue weighted by atomic mass is 10.0. The van der Waals surface area contributed by atoms with Crippen molar-refractivity contribution in [3.63, 3.8) is 0 Å². The molecule has 6 nitrogen and oxygen atoms in total. The number of nitrogens with one attached hydrogen (secondary N) is 1. The van der Waals surface area contributed by atoms with Crippen LogP contribution in [0.1, 0.15) is 38.3 Å². The fraction of sp³-hybridized carbons (Fsp3) is 0.185. The van der Waals surface area contributed by atoms with Gasteiger partial charge in [-0.3, -0.25) is 14.4 Å². The topological polar surface area (TPSA) is 81.1 Å². The molecule has 2 aromatic heterocycles. The third-order valence-electron chi connectivity index (χ3n) is 5.81. The highest BCUT2D eigenvalue weighted by Crippen LogP contribution is 2.19. The van der Waals surface area contributed by atoms with Crippen LogP contribution in [0.3, 0.4) is 0 Å². The molecule has 0 bridgehead atoms. The first-order valence-electron chi connectivity index (χ1n) is 10.7. The van der Waals surface area contributed by atoms with Gasteiger partial charge in [-0.1, -0.05) is 42.0 Å². The summed E-state index contributed by atoms with van der Waals surface area (Å²) in [4.78, 5) is 43.7. The van der Waals surface area contributed by atoms with Crippen LogP contribution in [0.15, 0.2) is 65.6 Å². The normalized spacial score (nSPS) is 10.9.